The Labute approximate surface area is 387 Å². The molecule has 0 fully saturated rings. The topological polar surface area (TPSA) is 78.9 Å². The maximum Gasteiger partial charge on any atom is 0.306 e. The van der Waals surface area contributed by atoms with Crippen molar-refractivity contribution < 1.29 is 28.6 Å². The molecule has 0 bridgehead atoms. The fraction of sp³-hybridized carbons (Fsp3) is 0.946. The summed E-state index contributed by atoms with van der Waals surface area (Å²) in [6.45, 7) is 13.8. The van der Waals surface area contributed by atoms with E-state index < -0.39 is 6.10 Å². The van der Waals surface area contributed by atoms with Crippen LogP contribution in [-0.4, -0.2) is 37.2 Å². The van der Waals surface area contributed by atoms with Gasteiger partial charge in [0.2, 0.25) is 0 Å². The maximum atomic E-state index is 12.8. The van der Waals surface area contributed by atoms with Gasteiger partial charge in [0.25, 0.3) is 0 Å². The molecule has 0 aromatic carbocycles. The predicted octanol–water partition coefficient (Wildman–Crippen LogP) is 17.9. The largest absolute Gasteiger partial charge is 0.462 e. The van der Waals surface area contributed by atoms with Crippen molar-refractivity contribution >= 4 is 17.9 Å². The van der Waals surface area contributed by atoms with E-state index in [9.17, 15) is 14.4 Å². The van der Waals surface area contributed by atoms with Gasteiger partial charge >= 0.3 is 17.9 Å². The first-order valence-electron chi connectivity index (χ1n) is 27.6. The molecular formula is C56H108O6. The summed E-state index contributed by atoms with van der Waals surface area (Å²) < 4.78 is 16.9. The molecule has 1 unspecified atom stereocenters. The molecule has 0 aliphatic rings. The minimum absolute atomic E-state index is 0.0643. The Hall–Kier alpha value is -1.59. The van der Waals surface area contributed by atoms with Crippen LogP contribution in [0.25, 0.3) is 0 Å². The molecule has 368 valence electrons. The molecular weight excluding hydrogens is 769 g/mol. The van der Waals surface area contributed by atoms with Crippen LogP contribution in [0.4, 0.5) is 0 Å². The number of carbonyl (C=O) groups excluding carboxylic acids is 3. The highest BCUT2D eigenvalue weighted by molar-refractivity contribution is 5.71. The van der Waals surface area contributed by atoms with Crippen LogP contribution in [0.3, 0.4) is 0 Å². The molecule has 6 heteroatoms. The number of hydrogen-bond donors (Lipinski definition) is 0. The van der Waals surface area contributed by atoms with Crippen LogP contribution in [0.1, 0.15) is 305 Å². The molecule has 0 saturated carbocycles. The summed E-state index contributed by atoms with van der Waals surface area (Å²) in [5.74, 6) is 1.68. The number of carbonyl (C=O) groups is 3. The Balaban J connectivity index is 4.28. The molecule has 0 N–H and O–H groups in total. The van der Waals surface area contributed by atoms with Crippen molar-refractivity contribution in [2.75, 3.05) is 13.2 Å². The summed E-state index contributed by atoms with van der Waals surface area (Å²) in [5, 5.41) is 0. The molecule has 6 nitrogen and oxygen atoms in total. The number of rotatable bonds is 49. The molecule has 0 radical (unpaired) electrons. The van der Waals surface area contributed by atoms with Gasteiger partial charge in [-0.2, -0.15) is 0 Å². The Morgan fingerprint density at radius 2 is 0.565 bits per heavy atom. The zero-order chi connectivity index (χ0) is 45.6. The molecule has 0 amide bonds. The van der Waals surface area contributed by atoms with Crippen molar-refractivity contribution in [3.05, 3.63) is 0 Å². The normalized spacial score (nSPS) is 12.6. The number of esters is 3. The van der Waals surface area contributed by atoms with E-state index in [1.54, 1.807) is 0 Å². The number of ether oxygens (including phenoxy) is 3. The molecule has 0 aliphatic carbocycles. The minimum Gasteiger partial charge on any atom is -0.462 e. The number of unbranched alkanes of at least 4 members (excludes halogenated alkanes) is 31. The maximum absolute atomic E-state index is 12.8. The van der Waals surface area contributed by atoms with Gasteiger partial charge in [-0.05, 0) is 37.0 Å². The van der Waals surface area contributed by atoms with Crippen LogP contribution in [0.5, 0.6) is 0 Å². The highest BCUT2D eigenvalue weighted by Gasteiger charge is 2.19. The first-order valence-corrected chi connectivity index (χ1v) is 27.6. The summed E-state index contributed by atoms with van der Waals surface area (Å²) in [5.41, 5.74) is 0. The van der Waals surface area contributed by atoms with Gasteiger partial charge < -0.3 is 14.2 Å². The predicted molar refractivity (Wildman–Crippen MR) is 266 cm³/mol. The lowest BCUT2D eigenvalue weighted by Gasteiger charge is -2.18. The summed E-state index contributed by atoms with van der Waals surface area (Å²) in [6, 6.07) is 0. The third-order valence-corrected chi connectivity index (χ3v) is 13.0. The van der Waals surface area contributed by atoms with Crippen molar-refractivity contribution in [3.8, 4) is 0 Å². The van der Waals surface area contributed by atoms with E-state index in [1.807, 2.05) is 0 Å². The van der Waals surface area contributed by atoms with Crippen LogP contribution in [0.15, 0.2) is 0 Å². The molecule has 0 rings (SSSR count). The van der Waals surface area contributed by atoms with E-state index in [0.29, 0.717) is 19.3 Å². The Kier molecular flexibility index (Phi) is 46.2. The standard InChI is InChI=1S/C56H108O6/c1-7-52(6)44-38-32-26-20-15-16-22-28-34-40-46-55(58)61-49-53(62-56(59)47-41-35-29-23-17-19-25-31-37-43-51(4)5)48-60-54(57)45-39-33-27-21-14-12-10-8-9-11-13-18-24-30-36-42-50(2)3/h50-53H,7-49H2,1-6H3/t52?,53-/m1/s1. The monoisotopic (exact) mass is 877 g/mol. The van der Waals surface area contributed by atoms with Crippen LogP contribution in [0, 0.1) is 17.8 Å². The highest BCUT2D eigenvalue weighted by atomic mass is 16.6. The molecule has 0 saturated heterocycles. The van der Waals surface area contributed by atoms with Crippen LogP contribution < -0.4 is 0 Å². The summed E-state index contributed by atoms with van der Waals surface area (Å²) in [7, 11) is 0. The SMILES string of the molecule is CCC(C)CCCCCCCCCCCCC(=O)OC[C@@H](COC(=O)CCCCCCCCCCCCCCCCCC(C)C)OC(=O)CCCCCCCCCCCC(C)C. The third-order valence-electron chi connectivity index (χ3n) is 13.0. The quantitative estimate of drug-likeness (QED) is 0.0344. The average molecular weight is 877 g/mol. The summed E-state index contributed by atoms with van der Waals surface area (Å²) in [6.07, 6.45) is 48.0. The average Bonchev–Trinajstić information content (AvgIpc) is 3.24. The second-order valence-electron chi connectivity index (χ2n) is 20.4. The van der Waals surface area contributed by atoms with Crippen LogP contribution in [0.2, 0.25) is 0 Å². The van der Waals surface area contributed by atoms with Gasteiger partial charge in [-0.3, -0.25) is 14.4 Å². The van der Waals surface area contributed by atoms with E-state index >= 15 is 0 Å². The molecule has 0 heterocycles. The second-order valence-corrected chi connectivity index (χ2v) is 20.4. The molecule has 0 aromatic rings. The first-order chi connectivity index (χ1) is 30.1. The fourth-order valence-electron chi connectivity index (χ4n) is 8.44. The Morgan fingerprint density at radius 1 is 0.323 bits per heavy atom. The van der Waals surface area contributed by atoms with Crippen LogP contribution in [-0.2, 0) is 28.6 Å². The molecule has 0 aliphatic heterocycles. The molecule has 0 spiro atoms. The van der Waals surface area contributed by atoms with Gasteiger partial charge in [-0.1, -0.05) is 266 Å². The lowest BCUT2D eigenvalue weighted by Crippen LogP contribution is -2.30. The molecule has 2 atom stereocenters. The van der Waals surface area contributed by atoms with E-state index in [0.717, 1.165) is 75.5 Å². The Morgan fingerprint density at radius 3 is 0.839 bits per heavy atom. The van der Waals surface area contributed by atoms with Gasteiger partial charge in [0, 0.05) is 19.3 Å². The third kappa shape index (κ3) is 47.9. The van der Waals surface area contributed by atoms with Crippen molar-refractivity contribution in [2.24, 2.45) is 17.8 Å². The van der Waals surface area contributed by atoms with E-state index in [4.69, 9.17) is 14.2 Å². The van der Waals surface area contributed by atoms with Crippen molar-refractivity contribution in [1.82, 2.24) is 0 Å². The molecule has 0 aromatic heterocycles. The highest BCUT2D eigenvalue weighted by Crippen LogP contribution is 2.18. The van der Waals surface area contributed by atoms with Gasteiger partial charge in [0.15, 0.2) is 6.10 Å². The number of hydrogen-bond acceptors (Lipinski definition) is 6. The first kappa shape index (κ1) is 60.4. The zero-order valence-corrected chi connectivity index (χ0v) is 42.7. The fourth-order valence-corrected chi connectivity index (χ4v) is 8.44. The lowest BCUT2D eigenvalue weighted by molar-refractivity contribution is -0.167. The smallest absolute Gasteiger partial charge is 0.306 e. The Bertz CT molecular complexity index is 962. The van der Waals surface area contributed by atoms with E-state index in [-0.39, 0.29) is 31.1 Å². The van der Waals surface area contributed by atoms with Gasteiger partial charge in [0.05, 0.1) is 0 Å². The lowest BCUT2D eigenvalue weighted by atomic mass is 9.99. The van der Waals surface area contributed by atoms with Crippen molar-refractivity contribution in [3.63, 3.8) is 0 Å². The van der Waals surface area contributed by atoms with Crippen molar-refractivity contribution in [2.45, 2.75) is 311 Å². The van der Waals surface area contributed by atoms with E-state index in [2.05, 4.69) is 41.5 Å². The minimum atomic E-state index is -0.763. The second kappa shape index (κ2) is 47.4. The summed E-state index contributed by atoms with van der Waals surface area (Å²) in [4.78, 5) is 38.0. The van der Waals surface area contributed by atoms with Crippen molar-refractivity contribution in [1.29, 1.82) is 0 Å². The zero-order valence-electron chi connectivity index (χ0n) is 42.7. The summed E-state index contributed by atoms with van der Waals surface area (Å²) >= 11 is 0. The van der Waals surface area contributed by atoms with E-state index in [1.165, 1.54) is 186 Å². The molecule has 62 heavy (non-hydrogen) atoms. The van der Waals surface area contributed by atoms with Gasteiger partial charge in [-0.15, -0.1) is 0 Å². The van der Waals surface area contributed by atoms with Gasteiger partial charge in [-0.25, -0.2) is 0 Å². The van der Waals surface area contributed by atoms with Gasteiger partial charge in [0.1, 0.15) is 13.2 Å². The van der Waals surface area contributed by atoms with Crippen LogP contribution >= 0.6 is 0 Å².